The molecule has 1 aliphatic heterocycles. The maximum atomic E-state index is 5.73. The molecule has 6 heteroatoms. The van der Waals surface area contributed by atoms with Crippen molar-refractivity contribution in [2.75, 3.05) is 59.6 Å². The lowest BCUT2D eigenvalue weighted by atomic mass is 10.3. The first-order chi connectivity index (χ1) is 10.3. The topological polar surface area (TPSA) is 58.1 Å². The van der Waals surface area contributed by atoms with Crippen LogP contribution in [0.1, 0.15) is 26.7 Å². The lowest BCUT2D eigenvalue weighted by molar-refractivity contribution is 0.0424. The van der Waals surface area contributed by atoms with Crippen molar-refractivity contribution < 1.29 is 9.47 Å². The molecular weight excluding hydrogens is 268 g/mol. The molecule has 0 spiro atoms. The van der Waals surface area contributed by atoms with Crippen LogP contribution >= 0.6 is 0 Å². The van der Waals surface area contributed by atoms with Gasteiger partial charge in [-0.25, -0.2) is 0 Å². The number of aliphatic imine (C=N–C) groups is 1. The quantitative estimate of drug-likeness (QED) is 0.353. The largest absolute Gasteiger partial charge is 0.379 e. The fourth-order valence-electron chi connectivity index (χ4n) is 2.01. The summed E-state index contributed by atoms with van der Waals surface area (Å²) in [5.74, 6) is 0.895. The van der Waals surface area contributed by atoms with E-state index >= 15 is 0 Å². The number of ether oxygens (including phenoxy) is 2. The molecule has 21 heavy (non-hydrogen) atoms. The van der Waals surface area contributed by atoms with Crippen LogP contribution in [0.25, 0.3) is 0 Å². The second kappa shape index (κ2) is 11.8. The van der Waals surface area contributed by atoms with Gasteiger partial charge in [-0.3, -0.25) is 4.99 Å². The van der Waals surface area contributed by atoms with Gasteiger partial charge in [0.1, 0.15) is 0 Å². The number of rotatable bonds is 10. The Labute approximate surface area is 129 Å². The van der Waals surface area contributed by atoms with E-state index < -0.39 is 0 Å². The number of nitrogens with one attached hydrogen (secondary N) is 2. The van der Waals surface area contributed by atoms with Crippen molar-refractivity contribution >= 4 is 5.96 Å². The molecule has 0 aromatic carbocycles. The molecule has 0 saturated carbocycles. The highest BCUT2D eigenvalue weighted by Crippen LogP contribution is 2.07. The summed E-state index contributed by atoms with van der Waals surface area (Å²) in [4.78, 5) is 6.84. The Kier molecular flexibility index (Phi) is 10.2. The molecule has 0 aliphatic carbocycles. The number of likely N-dealkylation sites (N-methyl/N-ethyl adjacent to an activating group) is 1. The zero-order valence-electron chi connectivity index (χ0n) is 13.9. The minimum atomic E-state index is 0.296. The Bertz CT molecular complexity index is 281. The van der Waals surface area contributed by atoms with Gasteiger partial charge >= 0.3 is 0 Å². The molecule has 1 aliphatic rings. The van der Waals surface area contributed by atoms with Crippen LogP contribution in [0.5, 0.6) is 0 Å². The molecule has 1 heterocycles. The first-order valence-corrected chi connectivity index (χ1v) is 8.16. The van der Waals surface area contributed by atoms with Crippen LogP contribution in [0.3, 0.4) is 0 Å². The van der Waals surface area contributed by atoms with Crippen LogP contribution < -0.4 is 10.6 Å². The van der Waals surface area contributed by atoms with Gasteiger partial charge in [0, 0.05) is 39.4 Å². The van der Waals surface area contributed by atoms with E-state index in [1.165, 1.54) is 0 Å². The van der Waals surface area contributed by atoms with Crippen LogP contribution in [-0.4, -0.2) is 76.6 Å². The van der Waals surface area contributed by atoms with Gasteiger partial charge in [-0.1, -0.05) is 6.92 Å². The maximum Gasteiger partial charge on any atom is 0.191 e. The molecule has 1 unspecified atom stereocenters. The molecule has 0 aromatic rings. The summed E-state index contributed by atoms with van der Waals surface area (Å²) in [6.07, 6.45) is 2.27. The van der Waals surface area contributed by atoms with Crippen molar-refractivity contribution in [3.8, 4) is 0 Å². The molecule has 1 saturated heterocycles. The molecular formula is C15H32N4O2. The molecule has 1 fully saturated rings. The smallest absolute Gasteiger partial charge is 0.191 e. The fourth-order valence-corrected chi connectivity index (χ4v) is 2.01. The third-order valence-corrected chi connectivity index (χ3v) is 3.48. The second-order valence-corrected chi connectivity index (χ2v) is 5.29. The molecule has 1 rings (SSSR count). The Balaban J connectivity index is 2.11. The second-order valence-electron chi connectivity index (χ2n) is 5.29. The van der Waals surface area contributed by atoms with Crippen molar-refractivity contribution in [2.24, 2.45) is 4.99 Å². The minimum Gasteiger partial charge on any atom is -0.379 e. The molecule has 0 amide bonds. The third-order valence-electron chi connectivity index (χ3n) is 3.48. The Morgan fingerprint density at radius 2 is 2.24 bits per heavy atom. The van der Waals surface area contributed by atoms with E-state index in [2.05, 4.69) is 41.4 Å². The van der Waals surface area contributed by atoms with E-state index in [0.717, 1.165) is 71.3 Å². The number of nitrogens with zero attached hydrogens (tertiary/aromatic N) is 2. The van der Waals surface area contributed by atoms with E-state index in [0.29, 0.717) is 6.10 Å². The van der Waals surface area contributed by atoms with Crippen molar-refractivity contribution in [1.82, 2.24) is 15.5 Å². The van der Waals surface area contributed by atoms with Crippen LogP contribution in [0.4, 0.5) is 0 Å². The van der Waals surface area contributed by atoms with Gasteiger partial charge in [-0.05, 0) is 33.4 Å². The predicted molar refractivity (Wildman–Crippen MR) is 86.9 cm³/mol. The zero-order chi connectivity index (χ0) is 15.3. The molecule has 0 radical (unpaired) electrons. The van der Waals surface area contributed by atoms with Crippen LogP contribution in [0.2, 0.25) is 0 Å². The summed E-state index contributed by atoms with van der Waals surface area (Å²) >= 11 is 0. The third kappa shape index (κ3) is 8.90. The summed E-state index contributed by atoms with van der Waals surface area (Å²) in [5.41, 5.74) is 0. The van der Waals surface area contributed by atoms with Crippen LogP contribution in [0, 0.1) is 0 Å². The van der Waals surface area contributed by atoms with Gasteiger partial charge in [-0.15, -0.1) is 0 Å². The van der Waals surface area contributed by atoms with Crippen molar-refractivity contribution in [2.45, 2.75) is 32.8 Å². The SMILES string of the molecule is CCNC(=NCCCOC1CCOC1)NCCN(C)CC. The van der Waals surface area contributed by atoms with Gasteiger partial charge in [0.2, 0.25) is 0 Å². The summed E-state index contributed by atoms with van der Waals surface area (Å²) < 4.78 is 11.0. The number of guanidine groups is 1. The van der Waals surface area contributed by atoms with Gasteiger partial charge < -0.3 is 25.0 Å². The Morgan fingerprint density at radius 1 is 1.38 bits per heavy atom. The normalized spacial score (nSPS) is 19.2. The zero-order valence-corrected chi connectivity index (χ0v) is 13.9. The number of hydrogen-bond donors (Lipinski definition) is 2. The van der Waals surface area contributed by atoms with Gasteiger partial charge in [0.15, 0.2) is 5.96 Å². The number of hydrogen-bond acceptors (Lipinski definition) is 4. The van der Waals surface area contributed by atoms with Gasteiger partial charge in [0.05, 0.1) is 12.7 Å². The monoisotopic (exact) mass is 300 g/mol. The van der Waals surface area contributed by atoms with E-state index in [-0.39, 0.29) is 0 Å². The Morgan fingerprint density at radius 3 is 2.90 bits per heavy atom. The lowest BCUT2D eigenvalue weighted by Gasteiger charge is -2.16. The van der Waals surface area contributed by atoms with Gasteiger partial charge in [-0.2, -0.15) is 0 Å². The van der Waals surface area contributed by atoms with Crippen molar-refractivity contribution in [1.29, 1.82) is 0 Å². The van der Waals surface area contributed by atoms with E-state index in [1.54, 1.807) is 0 Å². The highest BCUT2D eigenvalue weighted by Gasteiger charge is 2.15. The highest BCUT2D eigenvalue weighted by atomic mass is 16.5. The summed E-state index contributed by atoms with van der Waals surface area (Å²) in [6, 6.07) is 0. The average Bonchev–Trinajstić information content (AvgIpc) is 2.99. The lowest BCUT2D eigenvalue weighted by Crippen LogP contribution is -2.41. The van der Waals surface area contributed by atoms with Crippen molar-refractivity contribution in [3.63, 3.8) is 0 Å². The van der Waals surface area contributed by atoms with E-state index in [1.807, 2.05) is 0 Å². The summed E-state index contributed by atoms with van der Waals surface area (Å²) in [7, 11) is 2.12. The maximum absolute atomic E-state index is 5.73. The highest BCUT2D eigenvalue weighted by molar-refractivity contribution is 5.79. The summed E-state index contributed by atoms with van der Waals surface area (Å²) in [5, 5.41) is 6.62. The van der Waals surface area contributed by atoms with Crippen molar-refractivity contribution in [3.05, 3.63) is 0 Å². The van der Waals surface area contributed by atoms with Crippen LogP contribution in [0.15, 0.2) is 4.99 Å². The molecule has 124 valence electrons. The van der Waals surface area contributed by atoms with Crippen LogP contribution in [-0.2, 0) is 9.47 Å². The molecule has 0 bridgehead atoms. The van der Waals surface area contributed by atoms with E-state index in [9.17, 15) is 0 Å². The molecule has 2 N–H and O–H groups in total. The minimum absolute atomic E-state index is 0.296. The molecule has 1 atom stereocenters. The van der Waals surface area contributed by atoms with E-state index in [4.69, 9.17) is 9.47 Å². The summed E-state index contributed by atoms with van der Waals surface area (Å²) in [6.45, 7) is 11.2. The Hall–Kier alpha value is -0.850. The predicted octanol–water partition coefficient (Wildman–Crippen LogP) is 0.689. The molecule has 0 aromatic heterocycles. The molecule has 6 nitrogen and oxygen atoms in total. The fraction of sp³-hybridized carbons (Fsp3) is 0.933. The standard InChI is InChI=1S/C15H32N4O2/c1-4-16-15(18-9-10-19(3)5-2)17-8-6-11-21-14-7-12-20-13-14/h14H,4-13H2,1-3H3,(H2,16,17,18). The first kappa shape index (κ1) is 18.2. The first-order valence-electron chi connectivity index (χ1n) is 8.16. The average molecular weight is 300 g/mol. The van der Waals surface area contributed by atoms with Gasteiger partial charge in [0.25, 0.3) is 0 Å².